The molecule has 3 N–H and O–H groups in total. The van der Waals surface area contributed by atoms with Crippen LogP contribution in [0.1, 0.15) is 57.9 Å². The van der Waals surface area contributed by atoms with Gasteiger partial charge in [0.15, 0.2) is 5.82 Å². The highest BCUT2D eigenvalue weighted by Crippen LogP contribution is 2.23. The number of benzene rings is 1. The molecule has 1 amide bonds. The van der Waals surface area contributed by atoms with Gasteiger partial charge in [-0.1, -0.05) is 54.0 Å². The van der Waals surface area contributed by atoms with E-state index in [-0.39, 0.29) is 11.3 Å². The van der Waals surface area contributed by atoms with Gasteiger partial charge in [0, 0.05) is 9.89 Å². The summed E-state index contributed by atoms with van der Waals surface area (Å²) in [5, 5.41) is 6.81. The average Bonchev–Trinajstić information content (AvgIpc) is 2.97. The molecule has 7 heteroatoms. The molecule has 1 aromatic carbocycles. The van der Waals surface area contributed by atoms with E-state index in [0.29, 0.717) is 11.7 Å². The number of halogens is 1. The summed E-state index contributed by atoms with van der Waals surface area (Å²) < 4.78 is 6.19. The zero-order chi connectivity index (χ0) is 18.1. The predicted molar refractivity (Wildman–Crippen MR) is 95.2 cm³/mol. The maximum Gasteiger partial charge on any atom is 0.248 e. The van der Waals surface area contributed by atoms with Crippen LogP contribution in [0.4, 0.5) is 0 Å². The summed E-state index contributed by atoms with van der Waals surface area (Å²) >= 11 is 3.37. The van der Waals surface area contributed by atoms with E-state index in [0.717, 1.165) is 10.0 Å². The quantitative estimate of drug-likeness (QED) is 0.829. The molecule has 1 aromatic heterocycles. The predicted octanol–water partition coefficient (Wildman–Crippen LogP) is 3.18. The van der Waals surface area contributed by atoms with Crippen LogP contribution in [0.25, 0.3) is 0 Å². The van der Waals surface area contributed by atoms with E-state index in [1.54, 1.807) is 13.8 Å². The van der Waals surface area contributed by atoms with Crippen LogP contribution in [0.2, 0.25) is 0 Å². The lowest BCUT2D eigenvalue weighted by Crippen LogP contribution is -2.49. The molecule has 2 unspecified atom stereocenters. The zero-order valence-electron chi connectivity index (χ0n) is 14.6. The fourth-order valence-electron chi connectivity index (χ4n) is 2.05. The summed E-state index contributed by atoms with van der Waals surface area (Å²) in [4.78, 5) is 17.0. The standard InChI is InChI=1S/C17H23BrN4O2/c1-10(13-21-14(22-24-13)16(2,3)4)20-15(23)17(5,19)11-6-8-12(18)9-7-11/h6-10H,19H2,1-5H3,(H,20,23). The molecule has 0 aliphatic rings. The number of nitrogens with two attached hydrogens (primary N) is 1. The van der Waals surface area contributed by atoms with Crippen LogP contribution in [0.3, 0.4) is 0 Å². The van der Waals surface area contributed by atoms with Gasteiger partial charge in [-0.15, -0.1) is 0 Å². The van der Waals surface area contributed by atoms with Crippen molar-refractivity contribution in [2.45, 2.75) is 51.6 Å². The average molecular weight is 395 g/mol. The Morgan fingerprint density at radius 1 is 1.25 bits per heavy atom. The smallest absolute Gasteiger partial charge is 0.248 e. The van der Waals surface area contributed by atoms with E-state index in [2.05, 4.69) is 31.4 Å². The lowest BCUT2D eigenvalue weighted by atomic mass is 9.92. The third-order valence-corrected chi connectivity index (χ3v) is 4.27. The van der Waals surface area contributed by atoms with Crippen LogP contribution >= 0.6 is 15.9 Å². The van der Waals surface area contributed by atoms with Crippen molar-refractivity contribution in [2.75, 3.05) is 0 Å². The van der Waals surface area contributed by atoms with Crippen LogP contribution in [0.15, 0.2) is 33.3 Å². The van der Waals surface area contributed by atoms with Crippen LogP contribution in [0.5, 0.6) is 0 Å². The molecule has 0 saturated heterocycles. The monoisotopic (exact) mass is 394 g/mol. The number of rotatable bonds is 4. The minimum absolute atomic E-state index is 0.217. The third kappa shape index (κ3) is 4.02. The van der Waals surface area contributed by atoms with Crippen molar-refractivity contribution in [3.63, 3.8) is 0 Å². The maximum absolute atomic E-state index is 12.6. The van der Waals surface area contributed by atoms with Gasteiger partial charge in [0.1, 0.15) is 11.6 Å². The minimum atomic E-state index is -1.16. The van der Waals surface area contributed by atoms with Crippen molar-refractivity contribution in [3.05, 3.63) is 46.0 Å². The van der Waals surface area contributed by atoms with Gasteiger partial charge in [-0.05, 0) is 31.5 Å². The molecule has 130 valence electrons. The molecule has 2 atom stereocenters. The van der Waals surface area contributed by atoms with E-state index < -0.39 is 11.6 Å². The van der Waals surface area contributed by atoms with Crippen molar-refractivity contribution in [1.29, 1.82) is 0 Å². The molecule has 0 saturated carbocycles. The number of aromatic nitrogens is 2. The molecule has 0 fully saturated rings. The van der Waals surface area contributed by atoms with Gasteiger partial charge in [0.2, 0.25) is 11.8 Å². The number of carbonyl (C=O) groups excluding carboxylic acids is 1. The molecule has 6 nitrogen and oxygen atoms in total. The number of nitrogens with one attached hydrogen (secondary N) is 1. The summed E-state index contributed by atoms with van der Waals surface area (Å²) in [6.07, 6.45) is 0. The van der Waals surface area contributed by atoms with E-state index in [4.69, 9.17) is 10.3 Å². The Morgan fingerprint density at radius 3 is 2.33 bits per heavy atom. The molecule has 0 aliphatic carbocycles. The number of hydrogen-bond acceptors (Lipinski definition) is 5. The van der Waals surface area contributed by atoms with Crippen molar-refractivity contribution in [2.24, 2.45) is 5.73 Å². The lowest BCUT2D eigenvalue weighted by Gasteiger charge is -2.25. The largest absolute Gasteiger partial charge is 0.343 e. The summed E-state index contributed by atoms with van der Waals surface area (Å²) in [5.41, 5.74) is 5.58. The lowest BCUT2D eigenvalue weighted by molar-refractivity contribution is -0.127. The Morgan fingerprint density at radius 2 is 1.83 bits per heavy atom. The van der Waals surface area contributed by atoms with Gasteiger partial charge in [-0.2, -0.15) is 4.98 Å². The molecular weight excluding hydrogens is 372 g/mol. The summed E-state index contributed by atoms with van der Waals surface area (Å²) in [7, 11) is 0. The Hall–Kier alpha value is -1.73. The highest BCUT2D eigenvalue weighted by atomic mass is 79.9. The van der Waals surface area contributed by atoms with Crippen molar-refractivity contribution in [1.82, 2.24) is 15.5 Å². The van der Waals surface area contributed by atoms with E-state index in [1.807, 2.05) is 45.0 Å². The number of amides is 1. The summed E-state index contributed by atoms with van der Waals surface area (Å²) in [6.45, 7) is 9.45. The molecular formula is C17H23BrN4O2. The number of nitrogens with zero attached hydrogens (tertiary/aromatic N) is 2. The van der Waals surface area contributed by atoms with Gasteiger partial charge < -0.3 is 15.6 Å². The third-order valence-electron chi connectivity index (χ3n) is 3.75. The van der Waals surface area contributed by atoms with Gasteiger partial charge in [-0.3, -0.25) is 4.79 Å². The summed E-state index contributed by atoms with van der Waals surface area (Å²) in [5.74, 6) is 0.648. The van der Waals surface area contributed by atoms with Crippen molar-refractivity contribution >= 4 is 21.8 Å². The molecule has 2 aromatic rings. The molecule has 0 radical (unpaired) electrons. The Bertz CT molecular complexity index is 717. The fourth-order valence-corrected chi connectivity index (χ4v) is 2.32. The Kier molecular flexibility index (Phi) is 5.15. The highest BCUT2D eigenvalue weighted by molar-refractivity contribution is 9.10. The molecule has 0 spiro atoms. The normalized spacial score (nSPS) is 15.6. The van der Waals surface area contributed by atoms with Crippen LogP contribution in [-0.4, -0.2) is 16.0 Å². The first-order valence-corrected chi connectivity index (χ1v) is 8.51. The van der Waals surface area contributed by atoms with E-state index in [9.17, 15) is 4.79 Å². The first-order valence-electron chi connectivity index (χ1n) is 7.72. The first kappa shape index (κ1) is 18.6. The van der Waals surface area contributed by atoms with Crippen molar-refractivity contribution in [3.8, 4) is 0 Å². The molecule has 0 bridgehead atoms. The second-order valence-corrected chi connectivity index (χ2v) is 8.03. The van der Waals surface area contributed by atoms with E-state index in [1.165, 1.54) is 0 Å². The summed E-state index contributed by atoms with van der Waals surface area (Å²) in [6, 6.07) is 6.91. The van der Waals surface area contributed by atoms with Crippen molar-refractivity contribution < 1.29 is 9.32 Å². The van der Waals surface area contributed by atoms with Gasteiger partial charge in [0.25, 0.3) is 0 Å². The SMILES string of the molecule is CC(NC(=O)C(C)(N)c1ccc(Br)cc1)c1nc(C(C)(C)C)no1. The van der Waals surface area contributed by atoms with Gasteiger partial charge in [-0.25, -0.2) is 0 Å². The molecule has 0 aliphatic heterocycles. The van der Waals surface area contributed by atoms with Gasteiger partial charge in [0.05, 0.1) is 0 Å². The Labute approximate surface area is 150 Å². The molecule has 1 heterocycles. The van der Waals surface area contributed by atoms with Gasteiger partial charge >= 0.3 is 0 Å². The van der Waals surface area contributed by atoms with Crippen LogP contribution in [0, 0.1) is 0 Å². The second-order valence-electron chi connectivity index (χ2n) is 7.11. The number of carbonyl (C=O) groups is 1. The first-order chi connectivity index (χ1) is 11.0. The fraction of sp³-hybridized carbons (Fsp3) is 0.471. The maximum atomic E-state index is 12.6. The second kappa shape index (κ2) is 6.64. The van der Waals surface area contributed by atoms with Crippen LogP contribution in [-0.2, 0) is 15.7 Å². The zero-order valence-corrected chi connectivity index (χ0v) is 16.1. The Balaban J connectivity index is 2.13. The topological polar surface area (TPSA) is 94.0 Å². The minimum Gasteiger partial charge on any atom is -0.343 e. The molecule has 2 rings (SSSR count). The van der Waals surface area contributed by atoms with Crippen LogP contribution < -0.4 is 11.1 Å². The highest BCUT2D eigenvalue weighted by Gasteiger charge is 2.33. The van der Waals surface area contributed by atoms with E-state index >= 15 is 0 Å². The number of hydrogen-bond donors (Lipinski definition) is 2. The molecule has 24 heavy (non-hydrogen) atoms.